The maximum Gasteiger partial charge on any atom is 0.323 e. The topological polar surface area (TPSA) is 100 Å². The zero-order chi connectivity index (χ0) is 32.7. The van der Waals surface area contributed by atoms with Gasteiger partial charge in [-0.2, -0.15) is 0 Å². The SMILES string of the molecule is CCC(C)CCCC(C)CC1CCCN1C(=O)Cc1ccc(NC(=O)Nc2ccccc2C)cc1.CCCC.CCOOO. The maximum absolute atomic E-state index is 13.1. The van der Waals surface area contributed by atoms with Crippen LogP contribution in [0, 0.1) is 18.8 Å². The molecule has 44 heavy (non-hydrogen) atoms. The number of unbranched alkanes of at least 4 members (excludes halogenated alkanes) is 1. The van der Waals surface area contributed by atoms with Gasteiger partial charge in [0.2, 0.25) is 5.91 Å². The van der Waals surface area contributed by atoms with E-state index in [1.807, 2.05) is 55.5 Å². The molecule has 1 heterocycles. The van der Waals surface area contributed by atoms with Crippen LogP contribution in [0.1, 0.15) is 110 Å². The van der Waals surface area contributed by atoms with Crippen molar-refractivity contribution in [2.24, 2.45) is 11.8 Å². The summed E-state index contributed by atoms with van der Waals surface area (Å²) in [5, 5.41) is 16.3. The molecule has 2 aromatic carbocycles. The van der Waals surface area contributed by atoms with Gasteiger partial charge in [-0.1, -0.05) is 109 Å². The second-order valence-corrected chi connectivity index (χ2v) is 11.9. The summed E-state index contributed by atoms with van der Waals surface area (Å²) in [7, 11) is 0. The van der Waals surface area contributed by atoms with Crippen LogP contribution in [0.2, 0.25) is 0 Å². The summed E-state index contributed by atoms with van der Waals surface area (Å²) in [4.78, 5) is 31.4. The fraction of sp³-hybridized carbons (Fsp3) is 0.611. The average molecular weight is 614 g/mol. The Morgan fingerprint density at radius 1 is 0.955 bits per heavy atom. The van der Waals surface area contributed by atoms with Crippen molar-refractivity contribution in [1.82, 2.24) is 4.90 Å². The zero-order valence-electron chi connectivity index (χ0n) is 28.4. The van der Waals surface area contributed by atoms with E-state index in [1.165, 1.54) is 38.5 Å². The third-order valence-electron chi connectivity index (χ3n) is 8.09. The van der Waals surface area contributed by atoms with Gasteiger partial charge in [0, 0.05) is 24.0 Å². The molecule has 1 saturated heterocycles. The number of aryl methyl sites for hydroxylation is 1. The van der Waals surface area contributed by atoms with Gasteiger partial charge < -0.3 is 15.5 Å². The van der Waals surface area contributed by atoms with Gasteiger partial charge in [0.15, 0.2) is 0 Å². The van der Waals surface area contributed by atoms with Crippen LogP contribution in [-0.4, -0.2) is 41.3 Å². The van der Waals surface area contributed by atoms with Gasteiger partial charge >= 0.3 is 6.03 Å². The lowest BCUT2D eigenvalue weighted by atomic mass is 9.92. The van der Waals surface area contributed by atoms with Crippen LogP contribution in [0.3, 0.4) is 0 Å². The summed E-state index contributed by atoms with van der Waals surface area (Å²) in [6.45, 7) is 16.2. The number of amides is 3. The molecule has 0 aromatic heterocycles. The molecule has 2 aromatic rings. The molecule has 8 heteroatoms. The highest BCUT2D eigenvalue weighted by atomic mass is 17.5. The Balaban J connectivity index is 0.000000944. The van der Waals surface area contributed by atoms with Crippen LogP contribution in [0.5, 0.6) is 0 Å². The third kappa shape index (κ3) is 16.2. The van der Waals surface area contributed by atoms with Crippen LogP contribution in [0.15, 0.2) is 48.5 Å². The number of carbonyl (C=O) groups excluding carboxylic acids is 2. The van der Waals surface area contributed by atoms with Crippen molar-refractivity contribution >= 4 is 23.3 Å². The molecule has 8 nitrogen and oxygen atoms in total. The fourth-order valence-electron chi connectivity index (χ4n) is 5.04. The number of anilines is 2. The molecule has 1 aliphatic rings. The third-order valence-corrected chi connectivity index (χ3v) is 8.09. The summed E-state index contributed by atoms with van der Waals surface area (Å²) in [5.41, 5.74) is 3.49. The lowest BCUT2D eigenvalue weighted by molar-refractivity contribution is -0.489. The van der Waals surface area contributed by atoms with E-state index in [2.05, 4.69) is 60.1 Å². The number of para-hydroxylation sites is 1. The Morgan fingerprint density at radius 3 is 2.18 bits per heavy atom. The van der Waals surface area contributed by atoms with Gasteiger partial charge in [-0.25, -0.2) is 14.9 Å². The smallest absolute Gasteiger partial charge is 0.323 e. The number of likely N-dealkylation sites (tertiary alicyclic amines) is 1. The van der Waals surface area contributed by atoms with E-state index >= 15 is 0 Å². The van der Waals surface area contributed by atoms with Gasteiger partial charge in [-0.05, 0) is 74.3 Å². The number of carbonyl (C=O) groups is 2. The molecule has 0 saturated carbocycles. The molecule has 3 amide bonds. The molecule has 1 fully saturated rings. The monoisotopic (exact) mass is 613 g/mol. The van der Waals surface area contributed by atoms with E-state index in [0.29, 0.717) is 30.7 Å². The standard InChI is InChI=1S/C30H43N3O2.C4H10.C2H6O3/c1-5-22(2)10-8-11-23(3)20-27-13-9-19-33(27)29(34)21-25-15-17-26(18-16-25)31-30(35)32-28-14-7-6-12-24(28)4;1-3-4-2;1-2-4-5-3/h6-7,12,14-18,22-23,27H,5,8-11,13,19-21H2,1-4H3,(H2,31,32,35);3-4H2,1-2H3;3H,2H2,1H3. The molecule has 0 aliphatic carbocycles. The molecule has 0 radical (unpaired) electrons. The van der Waals surface area contributed by atoms with E-state index < -0.39 is 0 Å². The van der Waals surface area contributed by atoms with Crippen molar-refractivity contribution in [2.45, 2.75) is 119 Å². The first-order chi connectivity index (χ1) is 21.2. The van der Waals surface area contributed by atoms with E-state index in [4.69, 9.17) is 5.26 Å². The Kier molecular flexibility index (Phi) is 20.8. The number of urea groups is 1. The lowest BCUT2D eigenvalue weighted by Crippen LogP contribution is -2.37. The molecule has 3 unspecified atom stereocenters. The summed E-state index contributed by atoms with van der Waals surface area (Å²) >= 11 is 0. The molecular formula is C36H59N3O5. The molecule has 248 valence electrons. The molecule has 3 atom stereocenters. The Labute approximate surface area is 266 Å². The predicted molar refractivity (Wildman–Crippen MR) is 182 cm³/mol. The van der Waals surface area contributed by atoms with Gasteiger partial charge in [0.25, 0.3) is 0 Å². The first-order valence-electron chi connectivity index (χ1n) is 16.6. The van der Waals surface area contributed by atoms with Crippen molar-refractivity contribution in [2.75, 3.05) is 23.8 Å². The van der Waals surface area contributed by atoms with Crippen molar-refractivity contribution in [3.8, 4) is 0 Å². The van der Waals surface area contributed by atoms with E-state index in [9.17, 15) is 9.59 Å². The van der Waals surface area contributed by atoms with E-state index in [1.54, 1.807) is 6.92 Å². The molecule has 0 spiro atoms. The second-order valence-electron chi connectivity index (χ2n) is 11.9. The van der Waals surface area contributed by atoms with Crippen molar-refractivity contribution in [3.05, 3.63) is 59.7 Å². The number of rotatable bonds is 14. The average Bonchev–Trinajstić information content (AvgIpc) is 3.48. The molecule has 3 N–H and O–H groups in total. The van der Waals surface area contributed by atoms with Gasteiger partial charge in [0.05, 0.1) is 13.0 Å². The van der Waals surface area contributed by atoms with Crippen molar-refractivity contribution < 1.29 is 24.8 Å². The predicted octanol–water partition coefficient (Wildman–Crippen LogP) is 9.65. The molecule has 3 rings (SSSR count). The number of hydrogen-bond acceptors (Lipinski definition) is 5. The highest BCUT2D eigenvalue weighted by Gasteiger charge is 2.29. The van der Waals surface area contributed by atoms with Crippen LogP contribution >= 0.6 is 0 Å². The first kappa shape index (κ1) is 39.1. The van der Waals surface area contributed by atoms with Crippen LogP contribution < -0.4 is 10.6 Å². The van der Waals surface area contributed by atoms with Crippen LogP contribution in [0.4, 0.5) is 16.2 Å². The lowest BCUT2D eigenvalue weighted by Gasteiger charge is -2.27. The summed E-state index contributed by atoms with van der Waals surface area (Å²) in [6, 6.07) is 15.4. The maximum atomic E-state index is 13.1. The van der Waals surface area contributed by atoms with E-state index in [0.717, 1.165) is 48.5 Å². The van der Waals surface area contributed by atoms with E-state index in [-0.39, 0.29) is 11.9 Å². The van der Waals surface area contributed by atoms with Gasteiger partial charge in [-0.15, -0.1) is 0 Å². The van der Waals surface area contributed by atoms with Gasteiger partial charge in [-0.3, -0.25) is 4.79 Å². The Morgan fingerprint density at radius 2 is 1.61 bits per heavy atom. The normalized spacial score (nSPS) is 15.3. The highest BCUT2D eigenvalue weighted by molar-refractivity contribution is 6.00. The molecule has 0 bridgehead atoms. The minimum atomic E-state index is -0.277. The number of nitrogens with one attached hydrogen (secondary N) is 2. The van der Waals surface area contributed by atoms with Crippen molar-refractivity contribution in [1.29, 1.82) is 0 Å². The molecular weight excluding hydrogens is 554 g/mol. The van der Waals surface area contributed by atoms with Gasteiger partial charge in [0.1, 0.15) is 0 Å². The number of hydrogen-bond donors (Lipinski definition) is 3. The fourth-order valence-corrected chi connectivity index (χ4v) is 5.04. The highest BCUT2D eigenvalue weighted by Crippen LogP contribution is 2.27. The Bertz CT molecular complexity index is 1040. The zero-order valence-corrected chi connectivity index (χ0v) is 28.4. The second kappa shape index (κ2) is 23.4. The summed E-state index contributed by atoms with van der Waals surface area (Å²) < 4.78 is 0. The minimum Gasteiger partial charge on any atom is -0.339 e. The van der Waals surface area contributed by atoms with Crippen LogP contribution in [-0.2, 0) is 21.1 Å². The Hall–Kier alpha value is -2.94. The number of benzene rings is 2. The summed E-state index contributed by atoms with van der Waals surface area (Å²) in [5.74, 6) is 1.70. The van der Waals surface area contributed by atoms with Crippen molar-refractivity contribution in [3.63, 3.8) is 0 Å². The quantitative estimate of drug-likeness (QED) is 0.145. The summed E-state index contributed by atoms with van der Waals surface area (Å²) in [6.07, 6.45) is 11.5. The first-order valence-corrected chi connectivity index (χ1v) is 16.6. The molecule has 1 aliphatic heterocycles. The largest absolute Gasteiger partial charge is 0.339 e. The minimum absolute atomic E-state index is 0.220. The number of nitrogens with zero attached hydrogens (tertiary/aromatic N) is 1. The van der Waals surface area contributed by atoms with Crippen LogP contribution in [0.25, 0.3) is 0 Å².